The smallest absolute Gasteiger partial charge is 0.252 e. The summed E-state index contributed by atoms with van der Waals surface area (Å²) in [6.07, 6.45) is 2.97. The van der Waals surface area contributed by atoms with E-state index in [1.165, 1.54) is 12.5 Å². The van der Waals surface area contributed by atoms with Gasteiger partial charge in [0.25, 0.3) is 10.0 Å². The van der Waals surface area contributed by atoms with Crippen LogP contribution in [-0.2, 0) is 16.6 Å². The normalized spacial score (nSPS) is 11.8. The second kappa shape index (κ2) is 4.47. The van der Waals surface area contributed by atoms with Gasteiger partial charge in [-0.15, -0.1) is 0 Å². The summed E-state index contributed by atoms with van der Waals surface area (Å²) in [5.41, 5.74) is 6.63. The van der Waals surface area contributed by atoms with Crippen LogP contribution in [0.3, 0.4) is 0 Å². The first kappa shape index (κ1) is 12.1. The number of hydrogen-bond acceptors (Lipinski definition) is 6. The van der Waals surface area contributed by atoms with Crippen molar-refractivity contribution >= 4 is 26.5 Å². The minimum atomic E-state index is -3.56. The summed E-state index contributed by atoms with van der Waals surface area (Å²) < 4.78 is 31.3. The molecule has 0 aliphatic heterocycles. The Morgan fingerprint density at radius 2 is 2.35 bits per heavy atom. The molecule has 0 aliphatic rings. The van der Waals surface area contributed by atoms with Gasteiger partial charge in [0.2, 0.25) is 0 Å². The van der Waals surface area contributed by atoms with Crippen LogP contribution in [0.2, 0.25) is 0 Å². The number of thiazole rings is 1. The van der Waals surface area contributed by atoms with Crippen molar-refractivity contribution in [2.75, 3.05) is 5.73 Å². The van der Waals surface area contributed by atoms with Crippen molar-refractivity contribution in [3.05, 3.63) is 29.9 Å². The zero-order valence-corrected chi connectivity index (χ0v) is 10.6. The van der Waals surface area contributed by atoms with Gasteiger partial charge in [0.1, 0.15) is 0 Å². The number of nitrogens with two attached hydrogens (primary N) is 1. The van der Waals surface area contributed by atoms with E-state index in [1.807, 2.05) is 0 Å². The molecule has 0 spiro atoms. The molecule has 0 aromatic carbocycles. The number of furan rings is 1. The summed E-state index contributed by atoms with van der Waals surface area (Å²) in [5, 5.41) is 0.242. The van der Waals surface area contributed by atoms with Crippen molar-refractivity contribution in [1.82, 2.24) is 9.71 Å². The van der Waals surface area contributed by atoms with Gasteiger partial charge in [0.15, 0.2) is 9.34 Å². The highest BCUT2D eigenvalue weighted by atomic mass is 32.2. The van der Waals surface area contributed by atoms with Crippen molar-refractivity contribution in [2.45, 2.75) is 17.7 Å². The number of anilines is 1. The first-order valence-corrected chi connectivity index (χ1v) is 7.02. The summed E-state index contributed by atoms with van der Waals surface area (Å²) in [5.74, 6) is 0. The zero-order chi connectivity index (χ0) is 12.5. The summed E-state index contributed by atoms with van der Waals surface area (Å²) in [6, 6.07) is 1.69. The van der Waals surface area contributed by atoms with E-state index in [0.29, 0.717) is 5.69 Å². The fourth-order valence-corrected chi connectivity index (χ4v) is 3.65. The maximum absolute atomic E-state index is 11.9. The zero-order valence-electron chi connectivity index (χ0n) is 9.00. The average molecular weight is 273 g/mol. The molecule has 0 fully saturated rings. The number of rotatable bonds is 4. The van der Waals surface area contributed by atoms with Gasteiger partial charge in [0.05, 0.1) is 18.2 Å². The van der Waals surface area contributed by atoms with Crippen LogP contribution in [-0.4, -0.2) is 13.4 Å². The van der Waals surface area contributed by atoms with Crippen LogP contribution in [0.5, 0.6) is 0 Å². The van der Waals surface area contributed by atoms with Gasteiger partial charge in [-0.1, -0.05) is 11.3 Å². The molecule has 92 valence electrons. The Morgan fingerprint density at radius 1 is 1.59 bits per heavy atom. The van der Waals surface area contributed by atoms with E-state index in [0.717, 1.165) is 16.9 Å². The predicted molar refractivity (Wildman–Crippen MR) is 64.0 cm³/mol. The lowest BCUT2D eigenvalue weighted by atomic mass is 10.4. The highest BCUT2D eigenvalue weighted by Crippen LogP contribution is 2.24. The molecule has 2 heterocycles. The van der Waals surface area contributed by atoms with Gasteiger partial charge in [-0.05, 0) is 13.0 Å². The summed E-state index contributed by atoms with van der Waals surface area (Å²) in [7, 11) is -3.56. The topological polar surface area (TPSA) is 98.2 Å². The van der Waals surface area contributed by atoms with Crippen molar-refractivity contribution in [3.8, 4) is 0 Å². The van der Waals surface area contributed by atoms with Crippen molar-refractivity contribution in [3.63, 3.8) is 0 Å². The summed E-state index contributed by atoms with van der Waals surface area (Å²) in [6.45, 7) is 1.79. The summed E-state index contributed by atoms with van der Waals surface area (Å²) in [4.78, 5) is 3.88. The molecule has 2 aromatic rings. The number of nitrogens with one attached hydrogen (secondary N) is 1. The lowest BCUT2D eigenvalue weighted by Crippen LogP contribution is -2.22. The second-order valence-corrected chi connectivity index (χ2v) is 6.37. The summed E-state index contributed by atoms with van der Waals surface area (Å²) >= 11 is 0.951. The number of aryl methyl sites for hydroxylation is 1. The first-order chi connectivity index (χ1) is 7.99. The molecule has 6 nitrogen and oxygen atoms in total. The number of nitrogens with zero attached hydrogens (tertiary/aromatic N) is 1. The van der Waals surface area contributed by atoms with E-state index in [4.69, 9.17) is 10.2 Å². The lowest BCUT2D eigenvalue weighted by molar-refractivity contribution is 0.561. The minimum Gasteiger partial charge on any atom is -0.472 e. The number of aromatic nitrogens is 1. The number of sulfonamides is 1. The Hall–Kier alpha value is -1.38. The predicted octanol–water partition coefficient (Wildman–Crippen LogP) is 1.11. The van der Waals surface area contributed by atoms with E-state index in [2.05, 4.69) is 9.71 Å². The Bertz CT molecular complexity index is 601. The molecule has 0 amide bonds. The Balaban J connectivity index is 2.17. The van der Waals surface area contributed by atoms with E-state index in [9.17, 15) is 8.42 Å². The van der Waals surface area contributed by atoms with Crippen LogP contribution < -0.4 is 10.5 Å². The molecule has 0 saturated heterocycles. The van der Waals surface area contributed by atoms with Gasteiger partial charge in [-0.2, -0.15) is 0 Å². The van der Waals surface area contributed by atoms with Crippen LogP contribution in [0.4, 0.5) is 5.13 Å². The molecule has 0 unspecified atom stereocenters. The monoisotopic (exact) mass is 273 g/mol. The SMILES string of the molecule is Cc1nc(N)sc1S(=O)(=O)NCc1ccoc1. The van der Waals surface area contributed by atoms with Crippen LogP contribution in [0.1, 0.15) is 11.3 Å². The number of hydrogen-bond donors (Lipinski definition) is 2. The lowest BCUT2D eigenvalue weighted by Gasteiger charge is -2.03. The van der Waals surface area contributed by atoms with Crippen molar-refractivity contribution in [1.29, 1.82) is 0 Å². The Labute approximate surface area is 103 Å². The van der Waals surface area contributed by atoms with E-state index < -0.39 is 10.0 Å². The molecule has 3 N–H and O–H groups in total. The fourth-order valence-electron chi connectivity index (χ4n) is 1.29. The molecule has 17 heavy (non-hydrogen) atoms. The standard InChI is InChI=1S/C9H11N3O3S2/c1-6-8(16-9(10)12-6)17(13,14)11-4-7-2-3-15-5-7/h2-3,5,11H,4H2,1H3,(H2,10,12). The molecule has 0 atom stereocenters. The molecule has 0 aliphatic carbocycles. The van der Waals surface area contributed by atoms with Gasteiger partial charge in [0, 0.05) is 12.1 Å². The molecular weight excluding hydrogens is 262 g/mol. The second-order valence-electron chi connectivity index (χ2n) is 3.38. The van der Waals surface area contributed by atoms with E-state index in [1.54, 1.807) is 13.0 Å². The maximum Gasteiger partial charge on any atom is 0.252 e. The van der Waals surface area contributed by atoms with Gasteiger partial charge < -0.3 is 10.2 Å². The molecule has 8 heteroatoms. The third-order valence-electron chi connectivity index (χ3n) is 2.06. The third kappa shape index (κ3) is 2.65. The highest BCUT2D eigenvalue weighted by Gasteiger charge is 2.20. The minimum absolute atomic E-state index is 0.151. The molecule has 2 rings (SSSR count). The largest absolute Gasteiger partial charge is 0.472 e. The van der Waals surface area contributed by atoms with Crippen molar-refractivity contribution in [2.24, 2.45) is 0 Å². The first-order valence-electron chi connectivity index (χ1n) is 4.72. The maximum atomic E-state index is 11.9. The van der Waals surface area contributed by atoms with E-state index in [-0.39, 0.29) is 15.9 Å². The van der Waals surface area contributed by atoms with Crippen LogP contribution >= 0.6 is 11.3 Å². The van der Waals surface area contributed by atoms with Crippen LogP contribution in [0, 0.1) is 6.92 Å². The van der Waals surface area contributed by atoms with Crippen LogP contribution in [0.25, 0.3) is 0 Å². The molecule has 0 radical (unpaired) electrons. The number of nitrogen functional groups attached to an aromatic ring is 1. The average Bonchev–Trinajstić information content (AvgIpc) is 2.85. The quantitative estimate of drug-likeness (QED) is 0.869. The highest BCUT2D eigenvalue weighted by molar-refractivity contribution is 7.91. The van der Waals surface area contributed by atoms with Crippen molar-refractivity contribution < 1.29 is 12.8 Å². The fraction of sp³-hybridized carbons (Fsp3) is 0.222. The van der Waals surface area contributed by atoms with Gasteiger partial charge in [-0.25, -0.2) is 18.1 Å². The third-order valence-corrected chi connectivity index (χ3v) is 5.06. The Kier molecular flexibility index (Phi) is 3.18. The van der Waals surface area contributed by atoms with Gasteiger partial charge >= 0.3 is 0 Å². The molecule has 0 saturated carbocycles. The molecule has 0 bridgehead atoms. The Morgan fingerprint density at radius 3 is 2.88 bits per heavy atom. The molecule has 2 aromatic heterocycles. The van der Waals surface area contributed by atoms with Gasteiger partial charge in [-0.3, -0.25) is 0 Å². The van der Waals surface area contributed by atoms with E-state index >= 15 is 0 Å². The van der Waals surface area contributed by atoms with Crippen LogP contribution in [0.15, 0.2) is 27.2 Å². The molecular formula is C9H11N3O3S2.